The number of aryl methyl sites for hydroxylation is 1. The van der Waals surface area contributed by atoms with Crippen LogP contribution >= 0.6 is 0 Å². The summed E-state index contributed by atoms with van der Waals surface area (Å²) in [6.07, 6.45) is 2.48. The van der Waals surface area contributed by atoms with Crippen molar-refractivity contribution < 1.29 is 17.6 Å². The van der Waals surface area contributed by atoms with Crippen LogP contribution < -0.4 is 5.32 Å². The van der Waals surface area contributed by atoms with Crippen molar-refractivity contribution in [3.05, 3.63) is 66.0 Å². The Morgan fingerprint density at radius 2 is 1.84 bits per heavy atom. The molecular formula is C22H23FN4O3S. The number of carbonyl (C=O) groups is 1. The third-order valence-electron chi connectivity index (χ3n) is 5.25. The first-order valence-corrected chi connectivity index (χ1v) is 11.6. The average Bonchev–Trinajstić information content (AvgIpc) is 3.45. The van der Waals surface area contributed by atoms with Gasteiger partial charge < -0.3 is 5.32 Å². The summed E-state index contributed by atoms with van der Waals surface area (Å²) in [7, 11) is -3.43. The fourth-order valence-electron chi connectivity index (χ4n) is 3.56. The summed E-state index contributed by atoms with van der Waals surface area (Å²) in [5, 5.41) is 9.53. The van der Waals surface area contributed by atoms with E-state index in [1.807, 2.05) is 0 Å². The van der Waals surface area contributed by atoms with Crippen LogP contribution in [0.15, 0.2) is 59.5 Å². The van der Waals surface area contributed by atoms with Crippen molar-refractivity contribution in [3.8, 4) is 11.3 Å². The summed E-state index contributed by atoms with van der Waals surface area (Å²) >= 11 is 0. The molecule has 7 nitrogen and oxygen atoms in total. The van der Waals surface area contributed by atoms with E-state index in [2.05, 4.69) is 15.5 Å². The first kappa shape index (κ1) is 21.2. The number of carbonyl (C=O) groups excluding carboxylic acids is 1. The highest BCUT2D eigenvalue weighted by atomic mass is 32.2. The van der Waals surface area contributed by atoms with Gasteiger partial charge in [-0.05, 0) is 49.1 Å². The molecule has 0 radical (unpaired) electrons. The van der Waals surface area contributed by atoms with Gasteiger partial charge in [-0.1, -0.05) is 24.3 Å². The highest BCUT2D eigenvalue weighted by Crippen LogP contribution is 2.22. The Morgan fingerprint density at radius 1 is 1.10 bits per heavy atom. The van der Waals surface area contributed by atoms with Crippen molar-refractivity contribution in [2.75, 3.05) is 18.4 Å². The lowest BCUT2D eigenvalue weighted by atomic mass is 10.1. The number of aromatic amines is 1. The molecule has 2 heterocycles. The number of aromatic nitrogens is 2. The summed E-state index contributed by atoms with van der Waals surface area (Å²) in [6, 6.07) is 14.4. The lowest BCUT2D eigenvalue weighted by molar-refractivity contribution is -0.116. The molecule has 31 heavy (non-hydrogen) atoms. The van der Waals surface area contributed by atoms with Gasteiger partial charge >= 0.3 is 0 Å². The van der Waals surface area contributed by atoms with E-state index in [9.17, 15) is 17.6 Å². The Labute approximate surface area is 180 Å². The number of halogens is 1. The van der Waals surface area contributed by atoms with E-state index in [4.69, 9.17) is 0 Å². The highest BCUT2D eigenvalue weighted by Gasteiger charge is 2.26. The van der Waals surface area contributed by atoms with Gasteiger partial charge in [-0.15, -0.1) is 0 Å². The number of amides is 1. The third-order valence-corrected chi connectivity index (χ3v) is 7.16. The number of rotatable bonds is 7. The monoisotopic (exact) mass is 442 g/mol. The molecule has 1 aliphatic rings. The average molecular weight is 443 g/mol. The maximum absolute atomic E-state index is 13.4. The van der Waals surface area contributed by atoms with Gasteiger partial charge in [0.1, 0.15) is 5.82 Å². The zero-order valence-electron chi connectivity index (χ0n) is 16.8. The van der Waals surface area contributed by atoms with Gasteiger partial charge in [0.05, 0.1) is 10.6 Å². The molecule has 1 amide bonds. The molecule has 0 spiro atoms. The smallest absolute Gasteiger partial charge is 0.243 e. The second-order valence-electron chi connectivity index (χ2n) is 7.48. The molecule has 1 aromatic heterocycles. The summed E-state index contributed by atoms with van der Waals surface area (Å²) < 4.78 is 40.0. The molecule has 2 N–H and O–H groups in total. The minimum atomic E-state index is -3.43. The van der Waals surface area contributed by atoms with E-state index in [0.29, 0.717) is 36.6 Å². The van der Waals surface area contributed by atoms with Crippen LogP contribution in [0.25, 0.3) is 11.3 Å². The van der Waals surface area contributed by atoms with Crippen LogP contribution in [0, 0.1) is 5.82 Å². The van der Waals surface area contributed by atoms with Crippen molar-refractivity contribution in [2.45, 2.75) is 30.6 Å². The van der Waals surface area contributed by atoms with Crippen LogP contribution in [-0.2, 0) is 21.2 Å². The zero-order valence-corrected chi connectivity index (χ0v) is 17.7. The second kappa shape index (κ2) is 8.99. The van der Waals surface area contributed by atoms with E-state index >= 15 is 0 Å². The van der Waals surface area contributed by atoms with E-state index in [1.165, 1.54) is 16.4 Å². The van der Waals surface area contributed by atoms with Crippen LogP contribution in [0.3, 0.4) is 0 Å². The van der Waals surface area contributed by atoms with Crippen LogP contribution in [0.5, 0.6) is 0 Å². The maximum atomic E-state index is 13.4. The van der Waals surface area contributed by atoms with E-state index in [-0.39, 0.29) is 23.0 Å². The van der Waals surface area contributed by atoms with Crippen LogP contribution in [-0.4, -0.2) is 41.9 Å². The predicted octanol–water partition coefficient (Wildman–Crippen LogP) is 3.57. The quantitative estimate of drug-likeness (QED) is 0.585. The zero-order chi connectivity index (χ0) is 21.8. The van der Waals surface area contributed by atoms with Gasteiger partial charge in [0, 0.05) is 31.1 Å². The highest BCUT2D eigenvalue weighted by molar-refractivity contribution is 7.89. The van der Waals surface area contributed by atoms with Gasteiger partial charge in [0.2, 0.25) is 15.9 Å². The Morgan fingerprint density at radius 3 is 2.55 bits per heavy atom. The summed E-state index contributed by atoms with van der Waals surface area (Å²) in [6.45, 7) is 1.14. The third kappa shape index (κ3) is 5.00. The number of anilines is 1. The summed E-state index contributed by atoms with van der Waals surface area (Å²) in [5.74, 6) is -0.209. The molecule has 3 aromatic rings. The van der Waals surface area contributed by atoms with Crippen molar-refractivity contribution in [1.82, 2.24) is 14.5 Å². The molecule has 1 aliphatic heterocycles. The Hall–Kier alpha value is -3.04. The standard InChI is InChI=1S/C22H23FN4O3S/c23-18-5-3-4-17(14-18)20-15-21(26-25-20)24-22(28)11-8-16-6-9-19(10-7-16)31(29,30)27-12-1-2-13-27/h3-7,9-10,14-15H,1-2,8,11-13H2,(H2,24,25,26,28). The predicted molar refractivity (Wildman–Crippen MR) is 115 cm³/mol. The van der Waals surface area contributed by atoms with Gasteiger partial charge in [-0.2, -0.15) is 9.40 Å². The van der Waals surface area contributed by atoms with Gasteiger partial charge in [-0.25, -0.2) is 12.8 Å². The van der Waals surface area contributed by atoms with Crippen molar-refractivity contribution in [1.29, 1.82) is 0 Å². The molecule has 0 bridgehead atoms. The van der Waals surface area contributed by atoms with Crippen molar-refractivity contribution >= 4 is 21.7 Å². The molecule has 0 atom stereocenters. The van der Waals surface area contributed by atoms with E-state index in [0.717, 1.165) is 18.4 Å². The number of hydrogen-bond acceptors (Lipinski definition) is 4. The van der Waals surface area contributed by atoms with Crippen molar-refractivity contribution in [3.63, 3.8) is 0 Å². The van der Waals surface area contributed by atoms with Crippen LogP contribution in [0.1, 0.15) is 24.8 Å². The lowest BCUT2D eigenvalue weighted by Crippen LogP contribution is -2.27. The fourth-order valence-corrected chi connectivity index (χ4v) is 5.08. The van der Waals surface area contributed by atoms with Crippen LogP contribution in [0.4, 0.5) is 10.2 Å². The Bertz CT molecular complexity index is 1170. The molecule has 162 valence electrons. The summed E-state index contributed by atoms with van der Waals surface area (Å²) in [5.41, 5.74) is 2.11. The minimum Gasteiger partial charge on any atom is -0.309 e. The molecule has 0 unspecified atom stereocenters. The molecule has 1 saturated heterocycles. The largest absolute Gasteiger partial charge is 0.309 e. The maximum Gasteiger partial charge on any atom is 0.243 e. The Balaban J connectivity index is 1.32. The van der Waals surface area contributed by atoms with Gasteiger partial charge in [0.25, 0.3) is 0 Å². The second-order valence-corrected chi connectivity index (χ2v) is 9.42. The number of nitrogens with one attached hydrogen (secondary N) is 2. The number of hydrogen-bond donors (Lipinski definition) is 2. The number of H-pyrrole nitrogens is 1. The number of benzene rings is 2. The lowest BCUT2D eigenvalue weighted by Gasteiger charge is -2.15. The fraction of sp³-hybridized carbons (Fsp3) is 0.273. The Kier molecular flexibility index (Phi) is 6.15. The molecule has 0 saturated carbocycles. The number of nitrogens with zero attached hydrogens (tertiary/aromatic N) is 2. The van der Waals surface area contributed by atoms with Gasteiger partial charge in [-0.3, -0.25) is 9.89 Å². The number of sulfonamides is 1. The van der Waals surface area contributed by atoms with Crippen LogP contribution in [0.2, 0.25) is 0 Å². The molecular weight excluding hydrogens is 419 g/mol. The molecule has 2 aromatic carbocycles. The van der Waals surface area contributed by atoms with Crippen molar-refractivity contribution in [2.24, 2.45) is 0 Å². The molecule has 1 fully saturated rings. The molecule has 9 heteroatoms. The topological polar surface area (TPSA) is 95.2 Å². The SMILES string of the molecule is O=C(CCc1ccc(S(=O)(=O)N2CCCC2)cc1)Nc1cc(-c2cccc(F)c2)[nH]n1. The molecule has 0 aliphatic carbocycles. The minimum absolute atomic E-state index is 0.217. The van der Waals surface area contributed by atoms with Gasteiger partial charge in [0.15, 0.2) is 5.82 Å². The first-order chi connectivity index (χ1) is 14.9. The normalized spacial score (nSPS) is 14.6. The summed E-state index contributed by atoms with van der Waals surface area (Å²) in [4.78, 5) is 12.5. The van der Waals surface area contributed by atoms with E-state index in [1.54, 1.807) is 42.5 Å². The van der Waals surface area contributed by atoms with E-state index < -0.39 is 10.0 Å². The molecule has 4 rings (SSSR count). The first-order valence-electron chi connectivity index (χ1n) is 10.1.